The van der Waals surface area contributed by atoms with E-state index in [4.69, 9.17) is 18.0 Å². The molecule has 0 aliphatic rings. The molecule has 220 valence electrons. The molecule has 0 radical (unpaired) electrons. The Morgan fingerprint density at radius 1 is 1.26 bits per heavy atom. The number of amides is 1. The number of nitrogens with one attached hydrogen (secondary N) is 2. The van der Waals surface area contributed by atoms with E-state index in [1.54, 1.807) is 48.9 Å². The molecule has 0 fully saturated rings. The number of rotatable bonds is 9. The molecule has 3 aromatic heterocycles. The molecule has 0 spiro atoms. The number of pyridine rings is 1. The van der Waals surface area contributed by atoms with Gasteiger partial charge in [0.1, 0.15) is 24.5 Å². The summed E-state index contributed by atoms with van der Waals surface area (Å²) in [7, 11) is 5.50. The number of nitro groups is 1. The summed E-state index contributed by atoms with van der Waals surface area (Å²) < 4.78 is 1.96. The van der Waals surface area contributed by atoms with Crippen molar-refractivity contribution in [3.8, 4) is 24.2 Å². The van der Waals surface area contributed by atoms with Crippen LogP contribution in [0.4, 0.5) is 23.1 Å². The lowest BCUT2D eigenvalue weighted by atomic mass is 10.2. The molecule has 3 heterocycles. The number of anilines is 3. The molecule has 0 saturated carbocycles. The van der Waals surface area contributed by atoms with Crippen LogP contribution in [-0.4, -0.2) is 60.5 Å². The number of nitrogens with zero attached hydrogens (tertiary/aromatic N) is 7. The van der Waals surface area contributed by atoms with Gasteiger partial charge in [0.15, 0.2) is 5.69 Å². The van der Waals surface area contributed by atoms with E-state index in [9.17, 15) is 14.9 Å². The fourth-order valence-electron chi connectivity index (χ4n) is 4.12. The second-order valence-electron chi connectivity index (χ2n) is 9.84. The van der Waals surface area contributed by atoms with Crippen molar-refractivity contribution in [2.45, 2.75) is 13.5 Å². The van der Waals surface area contributed by atoms with Crippen LogP contribution < -0.4 is 27.6 Å². The zero-order valence-corrected chi connectivity index (χ0v) is 26.1. The number of aromatic nitrogens is 5. The van der Waals surface area contributed by atoms with Crippen LogP contribution in [0.3, 0.4) is 0 Å². The Morgan fingerprint density at radius 3 is 2.72 bits per heavy atom. The number of benzene rings is 1. The molecule has 0 atom stereocenters. The molecule has 14 heteroatoms. The predicted molar refractivity (Wildman–Crippen MR) is 161 cm³/mol. The number of quaternary nitrogens is 1. The van der Waals surface area contributed by atoms with Crippen LogP contribution in [-0.2, 0) is 18.4 Å². The lowest BCUT2D eigenvalue weighted by molar-refractivity contribution is -0.898. The van der Waals surface area contributed by atoms with Crippen LogP contribution in [0.15, 0.2) is 48.9 Å². The van der Waals surface area contributed by atoms with Gasteiger partial charge < -0.3 is 42.2 Å². The van der Waals surface area contributed by atoms with Gasteiger partial charge in [-0.25, -0.2) is 15.0 Å². The van der Waals surface area contributed by atoms with Crippen molar-refractivity contribution in [1.82, 2.24) is 24.5 Å². The average Bonchev–Trinajstić information content (AvgIpc) is 3.24. The Kier molecular flexibility index (Phi) is 10.6. The normalized spacial score (nSPS) is 10.9. The van der Waals surface area contributed by atoms with E-state index in [1.807, 2.05) is 14.1 Å². The summed E-state index contributed by atoms with van der Waals surface area (Å²) in [5.74, 6) is 8.55. The number of likely N-dealkylation sites (N-methyl/N-ethyl adjacent to an activating group) is 1. The molecule has 4 rings (SSSR count). The summed E-state index contributed by atoms with van der Waals surface area (Å²) in [5.41, 5.74) is 2.24. The Morgan fingerprint density at radius 2 is 2.02 bits per heavy atom. The summed E-state index contributed by atoms with van der Waals surface area (Å²) in [6, 6.07) is 6.87. The first-order valence-electron chi connectivity index (χ1n) is 12.6. The Labute approximate surface area is 263 Å². The van der Waals surface area contributed by atoms with Crippen LogP contribution in [0, 0.1) is 34.3 Å². The number of hydrogen-bond acceptors (Lipinski definition) is 8. The zero-order valence-electron chi connectivity index (χ0n) is 23.7. The van der Waals surface area contributed by atoms with Gasteiger partial charge in [-0.15, -0.1) is 6.42 Å². The summed E-state index contributed by atoms with van der Waals surface area (Å²) in [4.78, 5) is 40.7. The predicted octanol–water partition coefficient (Wildman–Crippen LogP) is 1.19. The summed E-state index contributed by atoms with van der Waals surface area (Å²) in [6.45, 7) is 2.36. The van der Waals surface area contributed by atoms with Gasteiger partial charge in [0.2, 0.25) is 5.91 Å². The molecule has 1 amide bonds. The molecule has 12 nitrogen and oxygen atoms in total. The topological polar surface area (TPSA) is 141 Å². The van der Waals surface area contributed by atoms with E-state index >= 15 is 0 Å². The minimum atomic E-state index is -0.508. The van der Waals surface area contributed by atoms with Crippen LogP contribution >= 0.6 is 11.6 Å². The number of fused-ring (bicyclic) bond motifs is 1. The van der Waals surface area contributed by atoms with Gasteiger partial charge in [0.25, 0.3) is 5.82 Å². The molecule has 0 saturated heterocycles. The Hall–Kier alpha value is -4.82. The van der Waals surface area contributed by atoms with E-state index in [0.29, 0.717) is 67.9 Å². The van der Waals surface area contributed by atoms with Gasteiger partial charge in [-0.1, -0.05) is 23.4 Å². The molecular formula is C29H27BrClN9O3. The van der Waals surface area contributed by atoms with E-state index in [0.717, 1.165) is 0 Å². The first-order valence-corrected chi connectivity index (χ1v) is 13.0. The number of halogens is 2. The monoisotopic (exact) mass is 663 g/mol. The maximum absolute atomic E-state index is 12.7. The number of imidazole rings is 1. The Bertz CT molecular complexity index is 1830. The number of carbonyl (C=O) groups is 1. The first-order chi connectivity index (χ1) is 20.0. The summed E-state index contributed by atoms with van der Waals surface area (Å²) in [6.07, 6.45) is 11.6. The minimum Gasteiger partial charge on any atom is -1.00 e. The Balaban J connectivity index is 0.00000506. The van der Waals surface area contributed by atoms with Gasteiger partial charge in [0.05, 0.1) is 37.4 Å². The second-order valence-corrected chi connectivity index (χ2v) is 10.2. The molecule has 4 aromatic rings. The van der Waals surface area contributed by atoms with Gasteiger partial charge in [-0.3, -0.25) is 9.36 Å². The highest BCUT2D eigenvalue weighted by Gasteiger charge is 2.30. The highest BCUT2D eigenvalue weighted by atomic mass is 79.9. The van der Waals surface area contributed by atoms with Gasteiger partial charge in [0, 0.05) is 29.8 Å². The van der Waals surface area contributed by atoms with E-state index in [2.05, 4.69) is 48.3 Å². The number of carbonyl (C=O) groups excluding carboxylic acids is 1. The minimum absolute atomic E-state index is 0. The fraction of sp³-hybridized carbons (Fsp3) is 0.207. The van der Waals surface area contributed by atoms with Gasteiger partial charge in [-0.05, 0) is 53.1 Å². The zero-order chi connectivity index (χ0) is 30.4. The number of hydrogen-bond donors (Lipinski definition) is 2. The largest absolute Gasteiger partial charge is 1.00 e. The van der Waals surface area contributed by atoms with Crippen LogP contribution in [0.5, 0.6) is 0 Å². The van der Waals surface area contributed by atoms with Crippen molar-refractivity contribution in [3.63, 3.8) is 0 Å². The van der Waals surface area contributed by atoms with Crippen LogP contribution in [0.25, 0.3) is 10.9 Å². The second kappa shape index (κ2) is 13.9. The smallest absolute Gasteiger partial charge is 0.392 e. The third-order valence-electron chi connectivity index (χ3n) is 6.21. The maximum atomic E-state index is 12.7. The molecule has 0 aliphatic carbocycles. The highest BCUT2D eigenvalue weighted by molar-refractivity contribution is 6.31. The van der Waals surface area contributed by atoms with Gasteiger partial charge >= 0.3 is 5.82 Å². The van der Waals surface area contributed by atoms with Crippen molar-refractivity contribution < 1.29 is 31.2 Å². The molecule has 2 N–H and O–H groups in total. The van der Waals surface area contributed by atoms with Crippen molar-refractivity contribution in [1.29, 1.82) is 0 Å². The number of terminal acetylenes is 1. The average molecular weight is 665 g/mol. The SMILES string of the molecule is C#Cc1cc(Nc2ncnc3cnc(NC(=O)/C=C/C[N+](C)(C)Cc4c([N+](=O)[O-])nc(C#CC)n4C)cc23)ccc1Cl.[Br-]. The van der Waals surface area contributed by atoms with Crippen LogP contribution in [0.1, 0.15) is 24.0 Å². The molecule has 0 aliphatic heterocycles. The first kappa shape index (κ1) is 32.7. The molecule has 1 aromatic carbocycles. The standard InChI is InChI=1S/C29H26ClN9O3.BrH/c1-6-9-26-36-29(38(41)42)24(37(26)3)17-39(4,5)13-8-10-27(40)35-25-15-21-23(16-31-25)32-18-33-28(21)34-20-11-12-22(30)19(7-2)14-20;/h2,8,10-12,14-16,18H,13,17H2,1,3-5H3,(H-,31,32,33,34,35,40);1H/b10-8+;. The van der Waals surface area contributed by atoms with E-state index in [1.165, 1.54) is 18.6 Å². The van der Waals surface area contributed by atoms with Gasteiger partial charge in [-0.2, -0.15) is 0 Å². The fourth-order valence-corrected chi connectivity index (χ4v) is 4.30. The summed E-state index contributed by atoms with van der Waals surface area (Å²) in [5, 5.41) is 18.6. The van der Waals surface area contributed by atoms with Crippen LogP contribution in [0.2, 0.25) is 5.02 Å². The quantitative estimate of drug-likeness (QED) is 0.0895. The third kappa shape index (κ3) is 7.93. The van der Waals surface area contributed by atoms with Crippen molar-refractivity contribution in [3.05, 3.63) is 81.2 Å². The lowest BCUT2D eigenvalue weighted by Crippen LogP contribution is -3.00. The van der Waals surface area contributed by atoms with Crippen molar-refractivity contribution in [2.24, 2.45) is 7.05 Å². The molecule has 0 bridgehead atoms. The van der Waals surface area contributed by atoms with E-state index < -0.39 is 10.8 Å². The van der Waals surface area contributed by atoms with Crippen molar-refractivity contribution in [2.75, 3.05) is 31.3 Å². The lowest BCUT2D eigenvalue weighted by Gasteiger charge is -2.28. The molecule has 0 unspecified atom stereocenters. The summed E-state index contributed by atoms with van der Waals surface area (Å²) >= 11 is 6.11. The van der Waals surface area contributed by atoms with Crippen molar-refractivity contribution >= 4 is 51.6 Å². The highest BCUT2D eigenvalue weighted by Crippen LogP contribution is 2.27. The molecular weight excluding hydrogens is 638 g/mol. The third-order valence-corrected chi connectivity index (χ3v) is 6.54. The molecule has 43 heavy (non-hydrogen) atoms. The van der Waals surface area contributed by atoms with E-state index in [-0.39, 0.29) is 22.8 Å². The maximum Gasteiger partial charge on any atom is 0.392 e.